The second-order valence-electron chi connectivity index (χ2n) is 3.86. The van der Waals surface area contributed by atoms with Crippen molar-refractivity contribution in [2.75, 3.05) is 0 Å². The van der Waals surface area contributed by atoms with Gasteiger partial charge in [-0.1, -0.05) is 12.8 Å². The summed E-state index contributed by atoms with van der Waals surface area (Å²) in [4.78, 5) is 21.9. The molecule has 0 saturated heterocycles. The maximum absolute atomic E-state index is 11.0. The molecule has 0 atom stereocenters. The Morgan fingerprint density at radius 2 is 1.07 bits per heavy atom. The highest BCUT2D eigenvalue weighted by atomic mass is 35.5. The second-order valence-corrected chi connectivity index (χ2v) is 4.61. The molecule has 1 rings (SSSR count). The van der Waals surface area contributed by atoms with Gasteiger partial charge in [0.2, 0.25) is 10.5 Å². The van der Waals surface area contributed by atoms with Crippen molar-refractivity contribution in [2.24, 2.45) is 11.8 Å². The van der Waals surface area contributed by atoms with Crippen LogP contribution in [0.25, 0.3) is 0 Å². The molecule has 2 nitrogen and oxygen atoms in total. The third kappa shape index (κ3) is 3.58. The van der Waals surface area contributed by atoms with Crippen LogP contribution in [0.4, 0.5) is 0 Å². The maximum Gasteiger partial charge on any atom is 0.224 e. The first-order valence-electron chi connectivity index (χ1n) is 5.00. The molecule has 14 heavy (non-hydrogen) atoms. The quantitative estimate of drug-likeness (QED) is 0.691. The molecule has 1 aliphatic carbocycles. The number of hydrogen-bond donors (Lipinski definition) is 0. The Labute approximate surface area is 93.9 Å². The summed E-state index contributed by atoms with van der Waals surface area (Å²) in [6.45, 7) is 0. The summed E-state index contributed by atoms with van der Waals surface area (Å²) < 4.78 is 0. The molecule has 0 aromatic heterocycles. The number of hydrogen-bond acceptors (Lipinski definition) is 2. The zero-order chi connectivity index (χ0) is 10.6. The summed E-state index contributed by atoms with van der Waals surface area (Å²) >= 11 is 10.9. The molecule has 0 aromatic carbocycles. The largest absolute Gasteiger partial charge is 0.281 e. The molecule has 0 spiro atoms. The third-order valence-corrected chi connectivity index (χ3v) is 3.47. The van der Waals surface area contributed by atoms with Crippen LogP contribution >= 0.6 is 23.2 Å². The Hall–Kier alpha value is -0.0800. The van der Waals surface area contributed by atoms with E-state index in [0.717, 1.165) is 38.5 Å². The van der Waals surface area contributed by atoms with Gasteiger partial charge < -0.3 is 0 Å². The predicted octanol–water partition coefficient (Wildman–Crippen LogP) is 3.10. The van der Waals surface area contributed by atoms with Gasteiger partial charge in [-0.2, -0.15) is 0 Å². The van der Waals surface area contributed by atoms with Crippen LogP contribution in [-0.2, 0) is 9.59 Å². The fourth-order valence-electron chi connectivity index (χ4n) is 1.96. The lowest BCUT2D eigenvalue weighted by molar-refractivity contribution is -0.116. The molecule has 1 fully saturated rings. The molecule has 0 heterocycles. The fraction of sp³-hybridized carbons (Fsp3) is 0.800. The van der Waals surface area contributed by atoms with E-state index in [-0.39, 0.29) is 22.3 Å². The number of halogens is 2. The molecule has 0 amide bonds. The zero-order valence-electron chi connectivity index (χ0n) is 7.97. The van der Waals surface area contributed by atoms with E-state index in [1.807, 2.05) is 0 Å². The Morgan fingerprint density at radius 3 is 1.29 bits per heavy atom. The zero-order valence-corrected chi connectivity index (χ0v) is 9.48. The van der Waals surface area contributed by atoms with Crippen LogP contribution in [0.3, 0.4) is 0 Å². The van der Waals surface area contributed by atoms with Crippen molar-refractivity contribution in [3.8, 4) is 0 Å². The molecule has 0 N–H and O–H groups in total. The highest BCUT2D eigenvalue weighted by Crippen LogP contribution is 2.28. The summed E-state index contributed by atoms with van der Waals surface area (Å²) in [5.41, 5.74) is 0. The lowest BCUT2D eigenvalue weighted by atomic mass is 9.87. The van der Waals surface area contributed by atoms with Crippen LogP contribution < -0.4 is 0 Å². The standard InChI is InChI=1S/C10H14Cl2O2/c11-9(13)7-3-1-4-8(10(12)14)6-2-5-7/h7-8H,1-6H2. The Morgan fingerprint density at radius 1 is 0.786 bits per heavy atom. The average molecular weight is 237 g/mol. The van der Waals surface area contributed by atoms with Crippen LogP contribution in [0.2, 0.25) is 0 Å². The first-order valence-corrected chi connectivity index (χ1v) is 5.75. The monoisotopic (exact) mass is 236 g/mol. The van der Waals surface area contributed by atoms with Crippen LogP contribution in [-0.4, -0.2) is 10.5 Å². The molecule has 0 bridgehead atoms. The van der Waals surface area contributed by atoms with Gasteiger partial charge in [0.15, 0.2) is 0 Å². The van der Waals surface area contributed by atoms with Crippen molar-refractivity contribution in [3.05, 3.63) is 0 Å². The van der Waals surface area contributed by atoms with Gasteiger partial charge in [-0.25, -0.2) is 0 Å². The first kappa shape index (κ1) is 12.0. The summed E-state index contributed by atoms with van der Waals surface area (Å²) in [7, 11) is 0. The van der Waals surface area contributed by atoms with E-state index in [1.165, 1.54) is 0 Å². The number of rotatable bonds is 2. The van der Waals surface area contributed by atoms with E-state index >= 15 is 0 Å². The fourth-order valence-corrected chi connectivity index (χ4v) is 2.40. The summed E-state index contributed by atoms with van der Waals surface area (Å²) in [6, 6.07) is 0. The van der Waals surface area contributed by atoms with Gasteiger partial charge in [0.1, 0.15) is 0 Å². The number of carbonyl (C=O) groups excluding carboxylic acids is 2. The second kappa shape index (κ2) is 5.72. The molecular weight excluding hydrogens is 223 g/mol. The van der Waals surface area contributed by atoms with Gasteiger partial charge in [-0.3, -0.25) is 9.59 Å². The molecule has 0 aliphatic heterocycles. The van der Waals surface area contributed by atoms with E-state index in [1.54, 1.807) is 0 Å². The third-order valence-electron chi connectivity index (χ3n) is 2.85. The minimum absolute atomic E-state index is 0.0111. The molecule has 0 aromatic rings. The van der Waals surface area contributed by atoms with Gasteiger partial charge in [0.05, 0.1) is 0 Å². The van der Waals surface area contributed by atoms with Gasteiger partial charge in [0, 0.05) is 11.8 Å². The Kier molecular flexibility index (Phi) is 4.90. The number of carbonyl (C=O) groups is 2. The molecule has 80 valence electrons. The van der Waals surface area contributed by atoms with E-state index in [4.69, 9.17) is 23.2 Å². The van der Waals surface area contributed by atoms with Crippen LogP contribution in [0, 0.1) is 11.8 Å². The van der Waals surface area contributed by atoms with Crippen molar-refractivity contribution >= 4 is 33.7 Å². The van der Waals surface area contributed by atoms with Crippen molar-refractivity contribution < 1.29 is 9.59 Å². The SMILES string of the molecule is O=C(Cl)C1CCCC(C(=O)Cl)CCC1. The lowest BCUT2D eigenvalue weighted by Crippen LogP contribution is -2.16. The van der Waals surface area contributed by atoms with E-state index in [9.17, 15) is 9.59 Å². The highest BCUT2D eigenvalue weighted by molar-refractivity contribution is 6.64. The molecule has 0 radical (unpaired) electrons. The van der Waals surface area contributed by atoms with Crippen molar-refractivity contribution in [3.63, 3.8) is 0 Å². The van der Waals surface area contributed by atoms with Crippen LogP contribution in [0.5, 0.6) is 0 Å². The molecular formula is C10H14Cl2O2. The summed E-state index contributed by atoms with van der Waals surface area (Å²) in [5, 5.41) is -0.471. The van der Waals surface area contributed by atoms with Crippen molar-refractivity contribution in [1.82, 2.24) is 0 Å². The van der Waals surface area contributed by atoms with Gasteiger partial charge in [0.25, 0.3) is 0 Å². The van der Waals surface area contributed by atoms with E-state index < -0.39 is 0 Å². The molecule has 1 saturated carbocycles. The average Bonchev–Trinajstić information content (AvgIpc) is 2.01. The van der Waals surface area contributed by atoms with Crippen molar-refractivity contribution in [2.45, 2.75) is 38.5 Å². The highest BCUT2D eigenvalue weighted by Gasteiger charge is 2.23. The maximum atomic E-state index is 11.0. The summed E-state index contributed by atoms with van der Waals surface area (Å²) in [6.07, 6.45) is 4.91. The van der Waals surface area contributed by atoms with Gasteiger partial charge in [-0.05, 0) is 48.9 Å². The molecule has 1 aliphatic rings. The van der Waals surface area contributed by atoms with E-state index in [2.05, 4.69) is 0 Å². The summed E-state index contributed by atoms with van der Waals surface area (Å²) in [5.74, 6) is -0.0221. The Bertz CT molecular complexity index is 196. The Balaban J connectivity index is 2.43. The van der Waals surface area contributed by atoms with E-state index in [0.29, 0.717) is 0 Å². The topological polar surface area (TPSA) is 34.1 Å². The minimum Gasteiger partial charge on any atom is -0.281 e. The lowest BCUT2D eigenvalue weighted by Gasteiger charge is -2.19. The minimum atomic E-state index is -0.236. The molecule has 0 unspecified atom stereocenters. The van der Waals surface area contributed by atoms with Crippen molar-refractivity contribution in [1.29, 1.82) is 0 Å². The van der Waals surface area contributed by atoms with Crippen LogP contribution in [0.15, 0.2) is 0 Å². The smallest absolute Gasteiger partial charge is 0.224 e. The van der Waals surface area contributed by atoms with Gasteiger partial charge >= 0.3 is 0 Å². The normalized spacial score (nSPS) is 29.0. The predicted molar refractivity (Wildman–Crippen MR) is 56.4 cm³/mol. The molecule has 4 heteroatoms. The first-order chi connectivity index (χ1) is 6.61. The van der Waals surface area contributed by atoms with Crippen LogP contribution in [0.1, 0.15) is 38.5 Å². The van der Waals surface area contributed by atoms with Gasteiger partial charge in [-0.15, -0.1) is 0 Å².